The van der Waals surface area contributed by atoms with E-state index in [9.17, 15) is 18.0 Å². The summed E-state index contributed by atoms with van der Waals surface area (Å²) in [5.74, 6) is -0.373. The van der Waals surface area contributed by atoms with Crippen LogP contribution in [0.1, 0.15) is 30.2 Å². The standard InChI is InChI=1S/C18H19N3O4S2/c1-11(2)21-15-8-7-13(10-16(15)26-18(21)23)19-17(22)12-5-4-6-14(9-12)20-27(3,24)25/h4-11,20H,1-3H3,(H,19,22). The molecule has 2 N–H and O–H groups in total. The van der Waals surface area contributed by atoms with Crippen LogP contribution in [-0.2, 0) is 10.0 Å². The van der Waals surface area contributed by atoms with Gasteiger partial charge in [-0.25, -0.2) is 8.42 Å². The third-order valence-corrected chi connectivity index (χ3v) is 5.34. The Morgan fingerprint density at radius 1 is 1.11 bits per heavy atom. The predicted molar refractivity (Wildman–Crippen MR) is 109 cm³/mol. The van der Waals surface area contributed by atoms with Crippen LogP contribution in [0.15, 0.2) is 47.3 Å². The molecule has 1 amide bonds. The molecule has 0 radical (unpaired) electrons. The second-order valence-corrected chi connectivity index (χ2v) is 9.17. The topological polar surface area (TPSA) is 97.3 Å². The van der Waals surface area contributed by atoms with Gasteiger partial charge in [0, 0.05) is 23.0 Å². The first-order chi connectivity index (χ1) is 12.6. The number of sulfonamides is 1. The molecule has 7 nitrogen and oxygen atoms in total. The summed E-state index contributed by atoms with van der Waals surface area (Å²) in [6.45, 7) is 3.89. The van der Waals surface area contributed by atoms with Crippen molar-refractivity contribution in [2.75, 3.05) is 16.3 Å². The third kappa shape index (κ3) is 4.37. The number of benzene rings is 2. The molecular formula is C18H19N3O4S2. The first-order valence-electron chi connectivity index (χ1n) is 8.18. The van der Waals surface area contributed by atoms with Gasteiger partial charge in [0.25, 0.3) is 5.91 Å². The lowest BCUT2D eigenvalue weighted by molar-refractivity contribution is 0.102. The van der Waals surface area contributed by atoms with E-state index in [2.05, 4.69) is 10.0 Å². The van der Waals surface area contributed by atoms with Gasteiger partial charge in [-0.05, 0) is 50.2 Å². The maximum absolute atomic E-state index is 12.5. The second-order valence-electron chi connectivity index (χ2n) is 6.42. The van der Waals surface area contributed by atoms with Crippen LogP contribution in [0.3, 0.4) is 0 Å². The maximum Gasteiger partial charge on any atom is 0.308 e. The smallest absolute Gasteiger partial charge is 0.308 e. The number of carbonyl (C=O) groups excluding carboxylic acids is 1. The van der Waals surface area contributed by atoms with E-state index in [4.69, 9.17) is 0 Å². The lowest BCUT2D eigenvalue weighted by Gasteiger charge is -2.09. The minimum atomic E-state index is -3.42. The first kappa shape index (κ1) is 19.1. The highest BCUT2D eigenvalue weighted by molar-refractivity contribution is 7.92. The molecule has 9 heteroatoms. The highest BCUT2D eigenvalue weighted by Gasteiger charge is 2.13. The molecule has 0 bridgehead atoms. The summed E-state index contributed by atoms with van der Waals surface area (Å²) in [5.41, 5.74) is 2.02. The van der Waals surface area contributed by atoms with Gasteiger partial charge in [-0.2, -0.15) is 0 Å². The minimum absolute atomic E-state index is 0.0389. The zero-order chi connectivity index (χ0) is 19.8. The molecule has 0 spiro atoms. The van der Waals surface area contributed by atoms with E-state index in [1.807, 2.05) is 19.9 Å². The van der Waals surface area contributed by atoms with Crippen LogP contribution in [0.25, 0.3) is 10.2 Å². The SMILES string of the molecule is CC(C)n1c(=O)sc2cc(NC(=O)c3cccc(NS(C)(=O)=O)c3)ccc21. The molecule has 0 saturated carbocycles. The summed E-state index contributed by atoms with van der Waals surface area (Å²) in [4.78, 5) is 24.6. The molecule has 0 saturated heterocycles. The largest absolute Gasteiger partial charge is 0.322 e. The zero-order valence-electron chi connectivity index (χ0n) is 15.0. The van der Waals surface area contributed by atoms with Gasteiger partial charge < -0.3 is 5.32 Å². The van der Waals surface area contributed by atoms with Gasteiger partial charge in [0.15, 0.2) is 0 Å². The molecule has 142 valence electrons. The van der Waals surface area contributed by atoms with Crippen LogP contribution in [0, 0.1) is 0 Å². The summed E-state index contributed by atoms with van der Waals surface area (Å²) in [6, 6.07) is 11.6. The van der Waals surface area contributed by atoms with Crippen molar-refractivity contribution in [3.8, 4) is 0 Å². The summed E-state index contributed by atoms with van der Waals surface area (Å²) >= 11 is 1.13. The average Bonchev–Trinajstić information content (AvgIpc) is 2.88. The maximum atomic E-state index is 12.5. The van der Waals surface area contributed by atoms with Crippen LogP contribution in [-0.4, -0.2) is 25.1 Å². The van der Waals surface area contributed by atoms with Gasteiger partial charge in [-0.1, -0.05) is 17.4 Å². The van der Waals surface area contributed by atoms with Gasteiger partial charge in [0.1, 0.15) is 0 Å². The van der Waals surface area contributed by atoms with Crippen molar-refractivity contribution in [2.24, 2.45) is 0 Å². The fourth-order valence-corrected chi connectivity index (χ4v) is 4.35. The van der Waals surface area contributed by atoms with Crippen molar-refractivity contribution >= 4 is 48.9 Å². The van der Waals surface area contributed by atoms with Crippen molar-refractivity contribution in [3.05, 3.63) is 57.7 Å². The number of nitrogens with one attached hydrogen (secondary N) is 2. The molecule has 27 heavy (non-hydrogen) atoms. The molecule has 2 aromatic carbocycles. The van der Waals surface area contributed by atoms with E-state index >= 15 is 0 Å². The highest BCUT2D eigenvalue weighted by Crippen LogP contribution is 2.24. The fraction of sp³-hybridized carbons (Fsp3) is 0.222. The number of aromatic nitrogens is 1. The first-order valence-corrected chi connectivity index (χ1v) is 10.9. The average molecular weight is 406 g/mol. The molecule has 0 fully saturated rings. The van der Waals surface area contributed by atoms with E-state index in [1.165, 1.54) is 6.07 Å². The number of amides is 1. The van der Waals surface area contributed by atoms with Crippen molar-refractivity contribution in [3.63, 3.8) is 0 Å². The summed E-state index contributed by atoms with van der Waals surface area (Å²) in [7, 11) is -3.42. The number of rotatable bonds is 5. The Kier molecular flexibility index (Phi) is 5.07. The van der Waals surface area contributed by atoms with Gasteiger partial charge in [0.2, 0.25) is 10.0 Å². The van der Waals surface area contributed by atoms with E-state index in [1.54, 1.807) is 34.9 Å². The molecule has 0 aliphatic rings. The molecule has 0 aliphatic heterocycles. The molecule has 3 rings (SSSR count). The van der Waals surface area contributed by atoms with Gasteiger partial charge in [0.05, 0.1) is 16.5 Å². The van der Waals surface area contributed by atoms with Crippen molar-refractivity contribution in [2.45, 2.75) is 19.9 Å². The fourth-order valence-electron chi connectivity index (χ4n) is 2.74. The Hall–Kier alpha value is -2.65. The normalized spacial score (nSPS) is 11.7. The summed E-state index contributed by atoms with van der Waals surface area (Å²) in [6.07, 6.45) is 1.05. The van der Waals surface area contributed by atoms with Crippen molar-refractivity contribution in [1.82, 2.24) is 4.57 Å². The number of fused-ring (bicyclic) bond motifs is 1. The van der Waals surface area contributed by atoms with Crippen molar-refractivity contribution < 1.29 is 13.2 Å². The molecule has 3 aromatic rings. The van der Waals surface area contributed by atoms with Gasteiger partial charge in [-0.15, -0.1) is 0 Å². The minimum Gasteiger partial charge on any atom is -0.322 e. The molecule has 0 aliphatic carbocycles. The number of hydrogen-bond acceptors (Lipinski definition) is 5. The van der Waals surface area contributed by atoms with E-state index < -0.39 is 10.0 Å². The van der Waals surface area contributed by atoms with Crippen LogP contribution < -0.4 is 14.9 Å². The van der Waals surface area contributed by atoms with Crippen LogP contribution in [0.5, 0.6) is 0 Å². The quantitative estimate of drug-likeness (QED) is 0.681. The van der Waals surface area contributed by atoms with Crippen molar-refractivity contribution in [1.29, 1.82) is 0 Å². The number of hydrogen-bond donors (Lipinski definition) is 2. The molecular weight excluding hydrogens is 386 g/mol. The Bertz CT molecular complexity index is 1180. The van der Waals surface area contributed by atoms with Gasteiger partial charge in [-0.3, -0.25) is 18.9 Å². The number of nitrogens with zero attached hydrogens (tertiary/aromatic N) is 1. The van der Waals surface area contributed by atoms with Crippen LogP contribution in [0.4, 0.5) is 11.4 Å². The van der Waals surface area contributed by atoms with Crippen LogP contribution >= 0.6 is 11.3 Å². The number of anilines is 2. The zero-order valence-corrected chi connectivity index (χ0v) is 16.6. The Labute approximate surface area is 160 Å². The molecule has 1 heterocycles. The Morgan fingerprint density at radius 3 is 2.52 bits per heavy atom. The van der Waals surface area contributed by atoms with E-state index in [0.717, 1.165) is 27.8 Å². The third-order valence-electron chi connectivity index (χ3n) is 3.82. The molecule has 1 aromatic heterocycles. The van der Waals surface area contributed by atoms with E-state index in [0.29, 0.717) is 16.9 Å². The van der Waals surface area contributed by atoms with Crippen LogP contribution in [0.2, 0.25) is 0 Å². The second kappa shape index (κ2) is 7.16. The van der Waals surface area contributed by atoms with E-state index in [-0.39, 0.29) is 16.8 Å². The predicted octanol–water partition coefficient (Wildman–Crippen LogP) is 3.27. The summed E-state index contributed by atoms with van der Waals surface area (Å²) in [5, 5.41) is 2.78. The summed E-state index contributed by atoms with van der Waals surface area (Å²) < 4.78 is 27.5. The lowest BCUT2D eigenvalue weighted by Crippen LogP contribution is -2.15. The number of carbonyl (C=O) groups is 1. The molecule has 0 atom stereocenters. The highest BCUT2D eigenvalue weighted by atomic mass is 32.2. The number of thiazole rings is 1. The Morgan fingerprint density at radius 2 is 1.85 bits per heavy atom. The lowest BCUT2D eigenvalue weighted by atomic mass is 10.2. The Balaban J connectivity index is 1.86. The monoisotopic (exact) mass is 405 g/mol. The molecule has 0 unspecified atom stereocenters. The van der Waals surface area contributed by atoms with Gasteiger partial charge >= 0.3 is 4.87 Å².